The van der Waals surface area contributed by atoms with Crippen molar-refractivity contribution in [3.63, 3.8) is 0 Å². The fourth-order valence-corrected chi connectivity index (χ4v) is 6.42. The lowest BCUT2D eigenvalue weighted by Crippen LogP contribution is -2.53. The summed E-state index contributed by atoms with van der Waals surface area (Å²) in [5.74, 6) is -3.52. The molecule has 3 heterocycles. The number of nitrogens with one attached hydrogen (secondary N) is 2. The lowest BCUT2D eigenvalue weighted by molar-refractivity contribution is -0.143. The van der Waals surface area contributed by atoms with Gasteiger partial charge >= 0.3 is 0 Å². The Morgan fingerprint density at radius 2 is 1.70 bits per heavy atom. The second-order valence-electron chi connectivity index (χ2n) is 9.96. The van der Waals surface area contributed by atoms with Gasteiger partial charge in [0.15, 0.2) is 11.5 Å². The Kier molecular flexibility index (Phi) is 5.29. The number of fused-ring (bicyclic) bond motifs is 4. The van der Waals surface area contributed by atoms with Crippen molar-refractivity contribution in [2.45, 2.75) is 31.5 Å². The molecule has 3 aliphatic rings. The molecule has 9 heteroatoms. The first-order chi connectivity index (χ1) is 17.7. The van der Waals surface area contributed by atoms with Crippen LogP contribution in [0.1, 0.15) is 22.3 Å². The first kappa shape index (κ1) is 23.5. The molecule has 2 saturated heterocycles. The maximum absolute atomic E-state index is 14.0. The van der Waals surface area contributed by atoms with E-state index in [0.717, 1.165) is 11.1 Å². The summed E-state index contributed by atoms with van der Waals surface area (Å²) >= 11 is 6.49. The van der Waals surface area contributed by atoms with Crippen LogP contribution in [0.25, 0.3) is 0 Å². The number of imide groups is 1. The SMILES string of the molecule is Cc1cc(Cl)c2c(c1)C1(NC(Cc3ccc(O)c(O)c3)C3C(=O)N(Cc4ccccc4)C(=O)C31)C(=O)N2. The summed E-state index contributed by atoms with van der Waals surface area (Å²) in [7, 11) is 0. The molecule has 2 fully saturated rings. The monoisotopic (exact) mass is 517 g/mol. The normalized spacial score (nSPS) is 26.1. The number of carbonyl (C=O) groups excluding carboxylic acids is 3. The molecule has 4 unspecified atom stereocenters. The van der Waals surface area contributed by atoms with E-state index in [2.05, 4.69) is 10.6 Å². The molecular weight excluding hydrogens is 494 g/mol. The molecule has 3 aromatic carbocycles. The average Bonchev–Trinajstić information content (AvgIpc) is 3.43. The minimum absolute atomic E-state index is 0.108. The number of hydrogen-bond donors (Lipinski definition) is 4. The zero-order chi connectivity index (χ0) is 26.1. The molecule has 0 bridgehead atoms. The van der Waals surface area contributed by atoms with E-state index in [1.54, 1.807) is 12.1 Å². The Morgan fingerprint density at radius 1 is 0.946 bits per heavy atom. The summed E-state index contributed by atoms with van der Waals surface area (Å²) in [5.41, 5.74) is 1.79. The number of benzene rings is 3. The number of phenols is 2. The van der Waals surface area contributed by atoms with E-state index in [9.17, 15) is 24.6 Å². The fraction of sp³-hybridized carbons (Fsp3) is 0.250. The summed E-state index contributed by atoms with van der Waals surface area (Å²) < 4.78 is 0. The Morgan fingerprint density at radius 3 is 2.43 bits per heavy atom. The predicted octanol–water partition coefficient (Wildman–Crippen LogP) is 3.22. The first-order valence-electron chi connectivity index (χ1n) is 12.0. The van der Waals surface area contributed by atoms with Crippen LogP contribution in [-0.2, 0) is 32.9 Å². The molecule has 8 nitrogen and oxygen atoms in total. The van der Waals surface area contributed by atoms with Crippen LogP contribution in [0.5, 0.6) is 11.5 Å². The van der Waals surface area contributed by atoms with Crippen LogP contribution in [0.3, 0.4) is 0 Å². The number of phenolic OH excluding ortho intramolecular Hbond substituents is 2. The molecule has 0 radical (unpaired) electrons. The van der Waals surface area contributed by atoms with Crippen molar-refractivity contribution in [2.24, 2.45) is 11.8 Å². The number of aromatic hydroxyl groups is 2. The minimum Gasteiger partial charge on any atom is -0.504 e. The van der Waals surface area contributed by atoms with Crippen molar-refractivity contribution < 1.29 is 24.6 Å². The highest BCUT2D eigenvalue weighted by Crippen LogP contribution is 2.55. The molecule has 37 heavy (non-hydrogen) atoms. The standard InChI is InChI=1S/C28H24ClN3O5/c1-14-9-17-24(18(29)10-14)30-27(37)28(17)23-22(19(31-28)11-16-7-8-20(33)21(34)12-16)25(35)32(26(23)36)13-15-5-3-2-4-6-15/h2-10,12,19,22-23,31,33-34H,11,13H2,1H3,(H,30,37). The molecule has 4 atom stereocenters. The van der Waals surface area contributed by atoms with Gasteiger partial charge in [-0.25, -0.2) is 0 Å². The topological polar surface area (TPSA) is 119 Å². The first-order valence-corrected chi connectivity index (χ1v) is 12.4. The molecule has 0 saturated carbocycles. The van der Waals surface area contributed by atoms with Gasteiger partial charge in [0.05, 0.1) is 29.1 Å². The van der Waals surface area contributed by atoms with Gasteiger partial charge in [0.1, 0.15) is 5.54 Å². The molecule has 3 aliphatic heterocycles. The van der Waals surface area contributed by atoms with Gasteiger partial charge in [0.25, 0.3) is 0 Å². The number of hydrogen-bond acceptors (Lipinski definition) is 6. The summed E-state index contributed by atoms with van der Waals surface area (Å²) in [6.45, 7) is 1.96. The number of nitrogens with zero attached hydrogens (tertiary/aromatic N) is 1. The van der Waals surface area contributed by atoms with Gasteiger partial charge in [-0.2, -0.15) is 0 Å². The van der Waals surface area contributed by atoms with Crippen LogP contribution in [0.2, 0.25) is 5.02 Å². The Hall–Kier alpha value is -3.88. The second kappa shape index (κ2) is 8.33. The third-order valence-corrected chi connectivity index (χ3v) is 7.99. The van der Waals surface area contributed by atoms with Gasteiger partial charge in [-0.05, 0) is 48.2 Å². The fourth-order valence-electron chi connectivity index (χ4n) is 6.10. The van der Waals surface area contributed by atoms with Crippen LogP contribution in [0.15, 0.2) is 60.7 Å². The van der Waals surface area contributed by atoms with Crippen molar-refractivity contribution in [3.05, 3.63) is 87.9 Å². The predicted molar refractivity (Wildman–Crippen MR) is 136 cm³/mol. The van der Waals surface area contributed by atoms with Crippen LogP contribution in [0.4, 0.5) is 5.69 Å². The van der Waals surface area contributed by atoms with E-state index in [0.29, 0.717) is 21.8 Å². The largest absolute Gasteiger partial charge is 0.504 e. The van der Waals surface area contributed by atoms with Crippen molar-refractivity contribution in [2.75, 3.05) is 5.32 Å². The number of aryl methyl sites for hydroxylation is 1. The number of rotatable bonds is 4. The highest BCUT2D eigenvalue weighted by Gasteiger charge is 2.70. The smallest absolute Gasteiger partial charge is 0.250 e. The van der Waals surface area contributed by atoms with Gasteiger partial charge in [-0.1, -0.05) is 54.1 Å². The van der Waals surface area contributed by atoms with E-state index in [-0.39, 0.29) is 30.4 Å². The van der Waals surface area contributed by atoms with E-state index >= 15 is 0 Å². The molecular formula is C28H24ClN3O5. The van der Waals surface area contributed by atoms with Crippen LogP contribution >= 0.6 is 11.6 Å². The van der Waals surface area contributed by atoms with Crippen molar-refractivity contribution >= 4 is 35.0 Å². The quantitative estimate of drug-likeness (QED) is 0.312. The highest BCUT2D eigenvalue weighted by molar-refractivity contribution is 6.35. The molecule has 0 aromatic heterocycles. The van der Waals surface area contributed by atoms with Crippen LogP contribution in [0, 0.1) is 18.8 Å². The zero-order valence-corrected chi connectivity index (χ0v) is 20.6. The van der Waals surface area contributed by atoms with Gasteiger partial charge in [-0.3, -0.25) is 24.6 Å². The summed E-state index contributed by atoms with van der Waals surface area (Å²) in [5, 5.41) is 26.3. The molecule has 188 valence electrons. The Labute approximate surface area is 217 Å². The van der Waals surface area contributed by atoms with Crippen molar-refractivity contribution in [3.8, 4) is 11.5 Å². The van der Waals surface area contributed by atoms with E-state index in [1.165, 1.54) is 17.0 Å². The zero-order valence-electron chi connectivity index (χ0n) is 19.9. The van der Waals surface area contributed by atoms with E-state index in [4.69, 9.17) is 11.6 Å². The number of anilines is 1. The van der Waals surface area contributed by atoms with E-state index in [1.807, 2.05) is 43.3 Å². The van der Waals surface area contributed by atoms with Gasteiger partial charge < -0.3 is 15.5 Å². The van der Waals surface area contributed by atoms with Crippen LogP contribution < -0.4 is 10.6 Å². The maximum Gasteiger partial charge on any atom is 0.250 e. The molecule has 6 rings (SSSR count). The van der Waals surface area contributed by atoms with Gasteiger partial charge in [0.2, 0.25) is 17.7 Å². The van der Waals surface area contributed by atoms with Gasteiger partial charge in [0, 0.05) is 11.6 Å². The van der Waals surface area contributed by atoms with E-state index < -0.39 is 35.2 Å². The average molecular weight is 518 g/mol. The van der Waals surface area contributed by atoms with Crippen LogP contribution in [-0.4, -0.2) is 38.9 Å². The Balaban J connectivity index is 1.47. The molecule has 3 aromatic rings. The lowest BCUT2D eigenvalue weighted by atomic mass is 9.76. The minimum atomic E-state index is -1.47. The number of likely N-dealkylation sites (tertiary alicyclic amines) is 1. The Bertz CT molecular complexity index is 1480. The molecule has 1 spiro atoms. The highest BCUT2D eigenvalue weighted by atomic mass is 35.5. The summed E-state index contributed by atoms with van der Waals surface area (Å²) in [6, 6.07) is 16.7. The molecule has 3 amide bonds. The third-order valence-electron chi connectivity index (χ3n) is 7.69. The summed E-state index contributed by atoms with van der Waals surface area (Å²) in [6.07, 6.45) is 0.247. The maximum atomic E-state index is 14.0. The third kappa shape index (κ3) is 3.43. The van der Waals surface area contributed by atoms with Crippen molar-refractivity contribution in [1.29, 1.82) is 0 Å². The number of halogens is 1. The molecule has 4 N–H and O–H groups in total. The molecule has 0 aliphatic carbocycles. The van der Waals surface area contributed by atoms with Crippen molar-refractivity contribution in [1.82, 2.24) is 10.2 Å². The number of carbonyl (C=O) groups is 3. The second-order valence-corrected chi connectivity index (χ2v) is 10.4. The lowest BCUT2D eigenvalue weighted by Gasteiger charge is -2.30. The number of amides is 3. The van der Waals surface area contributed by atoms with Gasteiger partial charge in [-0.15, -0.1) is 0 Å². The summed E-state index contributed by atoms with van der Waals surface area (Å²) in [4.78, 5) is 42.7.